The third-order valence-corrected chi connectivity index (χ3v) is 7.47. The van der Waals surface area contributed by atoms with Crippen LogP contribution in [-0.4, -0.2) is 55.7 Å². The highest BCUT2D eigenvalue weighted by atomic mass is 19.4. The second-order valence-electron chi connectivity index (χ2n) is 9.46. The number of aromatic amines is 1. The molecule has 0 bridgehead atoms. The van der Waals surface area contributed by atoms with Crippen molar-refractivity contribution in [2.45, 2.75) is 12.6 Å². The lowest BCUT2D eigenvalue weighted by atomic mass is 9.73. The van der Waals surface area contributed by atoms with Gasteiger partial charge in [0.25, 0.3) is 5.91 Å². The number of fused-ring (bicyclic) bond motifs is 2. The van der Waals surface area contributed by atoms with Gasteiger partial charge in [0.15, 0.2) is 0 Å². The van der Waals surface area contributed by atoms with Crippen LogP contribution in [0.4, 0.5) is 18.9 Å². The number of carbonyl (C=O) groups is 1. The van der Waals surface area contributed by atoms with Crippen molar-refractivity contribution >= 4 is 22.5 Å². The predicted molar refractivity (Wildman–Crippen MR) is 125 cm³/mol. The number of carbonyl (C=O) groups excluding carboxylic acids is 1. The molecule has 1 amide bonds. The third kappa shape index (κ3) is 4.02. The van der Waals surface area contributed by atoms with Gasteiger partial charge in [-0.3, -0.25) is 4.79 Å². The van der Waals surface area contributed by atoms with Gasteiger partial charge in [0, 0.05) is 67.4 Å². The number of H-pyrrole nitrogens is 1. The minimum Gasteiger partial charge on any atom is -0.384 e. The van der Waals surface area contributed by atoms with E-state index >= 15 is 0 Å². The van der Waals surface area contributed by atoms with Gasteiger partial charge in [0.2, 0.25) is 0 Å². The first-order valence-electron chi connectivity index (χ1n) is 11.5. The maximum atomic E-state index is 13.5. The van der Waals surface area contributed by atoms with Crippen LogP contribution in [0.15, 0.2) is 48.7 Å². The molecule has 0 unspecified atom stereocenters. The van der Waals surface area contributed by atoms with Crippen LogP contribution in [-0.2, 0) is 10.9 Å². The normalized spacial score (nSPS) is 22.3. The zero-order valence-electron chi connectivity index (χ0n) is 19.2. The quantitative estimate of drug-likeness (QED) is 0.587. The first-order chi connectivity index (χ1) is 16.8. The van der Waals surface area contributed by atoms with E-state index in [1.54, 1.807) is 25.4 Å². The zero-order chi connectivity index (χ0) is 24.8. The molecule has 1 aromatic heterocycles. The molecule has 0 spiro atoms. The molecule has 0 aliphatic carbocycles. The highest BCUT2D eigenvalue weighted by Gasteiger charge is 2.50. The summed E-state index contributed by atoms with van der Waals surface area (Å²) in [5, 5.41) is 10.00. The van der Waals surface area contributed by atoms with Crippen molar-refractivity contribution in [1.29, 1.82) is 5.26 Å². The number of hydrogen-bond donors (Lipinski definition) is 1. The van der Waals surface area contributed by atoms with Gasteiger partial charge in [-0.25, -0.2) is 0 Å². The Kier molecular flexibility index (Phi) is 5.72. The minimum atomic E-state index is -4.61. The molecule has 2 aliphatic rings. The number of benzene rings is 2. The summed E-state index contributed by atoms with van der Waals surface area (Å²) in [6.45, 7) is 2.55. The lowest BCUT2D eigenvalue weighted by molar-refractivity contribution is -0.137. The summed E-state index contributed by atoms with van der Waals surface area (Å²) >= 11 is 0. The number of aromatic nitrogens is 1. The van der Waals surface area contributed by atoms with Crippen molar-refractivity contribution in [2.75, 3.05) is 44.8 Å². The van der Waals surface area contributed by atoms with Crippen LogP contribution in [0, 0.1) is 22.7 Å². The number of hydrogen-bond acceptors (Lipinski definition) is 4. The van der Waals surface area contributed by atoms with E-state index in [9.17, 15) is 18.0 Å². The van der Waals surface area contributed by atoms with Gasteiger partial charge >= 0.3 is 6.18 Å². The fraction of sp³-hybridized carbons (Fsp3) is 0.385. The monoisotopic (exact) mass is 482 g/mol. The predicted octanol–water partition coefficient (Wildman–Crippen LogP) is 4.67. The van der Waals surface area contributed by atoms with Crippen LogP contribution in [0.25, 0.3) is 10.9 Å². The maximum Gasteiger partial charge on any atom is 0.417 e. The van der Waals surface area contributed by atoms with Gasteiger partial charge in [0.05, 0.1) is 29.4 Å². The first kappa shape index (κ1) is 23.2. The summed E-state index contributed by atoms with van der Waals surface area (Å²) in [5.41, 5.74) is 0.365. The van der Waals surface area contributed by atoms with Gasteiger partial charge in [-0.1, -0.05) is 18.2 Å². The first-order valence-corrected chi connectivity index (χ1v) is 11.5. The SMILES string of the molecule is COC[C@@]12CCN(C(=O)c3c[nH]c4ccccc34)C[C@@H]1CN(c1ccc(C#N)c(C(F)(F)F)c1)C2. The number of likely N-dealkylation sites (tertiary alicyclic amines) is 1. The van der Waals surface area contributed by atoms with Crippen LogP contribution in [0.2, 0.25) is 0 Å². The van der Waals surface area contributed by atoms with Gasteiger partial charge in [-0.2, -0.15) is 18.4 Å². The molecule has 2 aliphatic heterocycles. The Labute approximate surface area is 200 Å². The molecule has 1 N–H and O–H groups in total. The van der Waals surface area contributed by atoms with Crippen molar-refractivity contribution in [3.8, 4) is 6.07 Å². The fourth-order valence-electron chi connectivity index (χ4n) is 5.67. The molecular formula is C26H25F3N4O2. The van der Waals surface area contributed by atoms with E-state index in [0.29, 0.717) is 50.5 Å². The number of methoxy groups -OCH3 is 1. The van der Waals surface area contributed by atoms with E-state index in [1.165, 1.54) is 6.07 Å². The summed E-state index contributed by atoms with van der Waals surface area (Å²) in [6.07, 6.45) is -2.18. The Bertz CT molecular complexity index is 1310. The topological polar surface area (TPSA) is 72.4 Å². The number of para-hydroxylation sites is 1. The van der Waals surface area contributed by atoms with E-state index in [4.69, 9.17) is 10.00 Å². The van der Waals surface area contributed by atoms with E-state index in [-0.39, 0.29) is 22.8 Å². The fourth-order valence-corrected chi connectivity index (χ4v) is 5.67. The summed E-state index contributed by atoms with van der Waals surface area (Å²) in [4.78, 5) is 20.3. The van der Waals surface area contributed by atoms with Crippen molar-refractivity contribution in [3.05, 3.63) is 65.4 Å². The van der Waals surface area contributed by atoms with Crippen molar-refractivity contribution in [1.82, 2.24) is 9.88 Å². The van der Waals surface area contributed by atoms with Gasteiger partial charge < -0.3 is 19.5 Å². The summed E-state index contributed by atoms with van der Waals surface area (Å²) in [5.74, 6) is -0.0139. The number of rotatable bonds is 4. The molecule has 2 aromatic carbocycles. The Morgan fingerprint density at radius 1 is 1.26 bits per heavy atom. The van der Waals surface area contributed by atoms with Crippen LogP contribution in [0.1, 0.15) is 27.9 Å². The number of anilines is 1. The van der Waals surface area contributed by atoms with Crippen LogP contribution < -0.4 is 4.90 Å². The van der Waals surface area contributed by atoms with Gasteiger partial charge in [-0.05, 0) is 30.7 Å². The van der Waals surface area contributed by atoms with E-state index in [1.807, 2.05) is 34.1 Å². The molecule has 9 heteroatoms. The molecule has 0 saturated carbocycles. The Morgan fingerprint density at radius 2 is 2.06 bits per heavy atom. The van der Waals surface area contributed by atoms with Crippen LogP contribution in [0.5, 0.6) is 0 Å². The van der Waals surface area contributed by atoms with E-state index < -0.39 is 11.7 Å². The average molecular weight is 483 g/mol. The molecule has 3 aromatic rings. The molecular weight excluding hydrogens is 457 g/mol. The van der Waals surface area contributed by atoms with E-state index in [2.05, 4.69) is 4.98 Å². The average Bonchev–Trinajstić information content (AvgIpc) is 3.44. The molecule has 2 saturated heterocycles. The number of piperidine rings is 1. The Balaban J connectivity index is 1.41. The molecule has 5 rings (SSSR count). The number of halogens is 3. The van der Waals surface area contributed by atoms with Crippen LogP contribution in [0.3, 0.4) is 0 Å². The summed E-state index contributed by atoms with van der Waals surface area (Å²) in [7, 11) is 1.63. The highest BCUT2D eigenvalue weighted by Crippen LogP contribution is 2.46. The minimum absolute atomic E-state index is 0.0373. The molecule has 3 heterocycles. The summed E-state index contributed by atoms with van der Waals surface area (Å²) in [6, 6.07) is 13.1. The number of nitrogens with one attached hydrogen (secondary N) is 1. The molecule has 2 fully saturated rings. The molecule has 2 atom stereocenters. The molecule has 6 nitrogen and oxygen atoms in total. The zero-order valence-corrected chi connectivity index (χ0v) is 19.2. The molecule has 35 heavy (non-hydrogen) atoms. The smallest absolute Gasteiger partial charge is 0.384 e. The maximum absolute atomic E-state index is 13.5. The highest BCUT2D eigenvalue weighted by molar-refractivity contribution is 6.06. The largest absolute Gasteiger partial charge is 0.417 e. The van der Waals surface area contributed by atoms with Crippen LogP contribution >= 0.6 is 0 Å². The summed E-state index contributed by atoms with van der Waals surface area (Å²) < 4.78 is 46.2. The molecule has 182 valence electrons. The van der Waals surface area contributed by atoms with Crippen molar-refractivity contribution in [3.63, 3.8) is 0 Å². The Morgan fingerprint density at radius 3 is 2.80 bits per heavy atom. The van der Waals surface area contributed by atoms with Crippen molar-refractivity contribution in [2.24, 2.45) is 11.3 Å². The number of ether oxygens (including phenoxy) is 1. The van der Waals surface area contributed by atoms with E-state index in [0.717, 1.165) is 17.0 Å². The lowest BCUT2D eigenvalue weighted by Gasteiger charge is -2.43. The van der Waals surface area contributed by atoms with Gasteiger partial charge in [0.1, 0.15) is 0 Å². The Hall–Kier alpha value is -3.51. The second-order valence-corrected chi connectivity index (χ2v) is 9.46. The lowest BCUT2D eigenvalue weighted by Crippen LogP contribution is -2.50. The number of amides is 1. The van der Waals surface area contributed by atoms with Crippen molar-refractivity contribution < 1.29 is 22.7 Å². The standard InChI is InChI=1S/C26H25F3N4O2/c1-35-16-25-8-9-32(24(34)21-12-31-23-5-3-2-4-20(21)23)13-18(25)14-33(15-25)19-7-6-17(11-30)22(10-19)26(27,28)29/h2-7,10,12,18,31H,8-9,13-16H2,1H3/t18-,25+/m1/s1. The third-order valence-electron chi connectivity index (χ3n) is 7.47. The number of alkyl halides is 3. The molecule has 0 radical (unpaired) electrons. The second kappa shape index (κ2) is 8.61. The number of nitriles is 1. The number of nitrogens with zero attached hydrogens (tertiary/aromatic N) is 3. The van der Waals surface area contributed by atoms with Gasteiger partial charge in [-0.15, -0.1) is 0 Å².